The average molecular weight is 293 g/mol. The van der Waals surface area contributed by atoms with Gasteiger partial charge in [0.1, 0.15) is 0 Å². The molecule has 102 valence electrons. The summed E-state index contributed by atoms with van der Waals surface area (Å²) >= 11 is 5.69. The van der Waals surface area contributed by atoms with E-state index in [1.54, 1.807) is 6.07 Å². The lowest BCUT2D eigenvalue weighted by Gasteiger charge is -2.25. The summed E-state index contributed by atoms with van der Waals surface area (Å²) in [7, 11) is 0. The van der Waals surface area contributed by atoms with Crippen LogP contribution in [0.1, 0.15) is 12.5 Å². The molecule has 0 bridgehead atoms. The molecule has 1 amide bonds. The van der Waals surface area contributed by atoms with Crippen molar-refractivity contribution in [1.82, 2.24) is 0 Å². The number of halogens is 4. The van der Waals surface area contributed by atoms with Gasteiger partial charge in [0.05, 0.1) is 22.3 Å². The minimum atomic E-state index is -5.11. The van der Waals surface area contributed by atoms with Crippen LogP contribution in [-0.4, -0.2) is 22.8 Å². The molecule has 0 spiro atoms. The molecule has 0 aliphatic rings. The lowest BCUT2D eigenvalue weighted by Crippen LogP contribution is -2.52. The van der Waals surface area contributed by atoms with Gasteiger partial charge in [0.15, 0.2) is 0 Å². The van der Waals surface area contributed by atoms with Gasteiger partial charge in [-0.3, -0.25) is 4.79 Å². The highest BCUT2D eigenvalue weighted by atomic mass is 35.5. The number of hydrogen-bond acceptors (Lipinski definition) is 3. The normalized spacial score (nSPS) is 14.4. The Morgan fingerprint density at radius 3 is 2.47 bits per heavy atom. The third-order valence-electron chi connectivity index (χ3n) is 2.34. The molecule has 1 aromatic carbocycles. The van der Waals surface area contributed by atoms with Gasteiger partial charge in [-0.25, -0.2) is 0 Å². The Kier molecular flexibility index (Phi) is 4.08. The van der Waals surface area contributed by atoms with Gasteiger partial charge in [0.25, 0.3) is 5.91 Å². The maximum absolute atomic E-state index is 12.4. The molecule has 19 heavy (non-hydrogen) atoms. The van der Waals surface area contributed by atoms with E-state index >= 15 is 0 Å². The van der Waals surface area contributed by atoms with Crippen molar-refractivity contribution in [2.75, 3.05) is 5.32 Å². The molecule has 0 saturated carbocycles. The van der Waals surface area contributed by atoms with Gasteiger partial charge in [0.2, 0.25) is 5.60 Å². The fraction of sp³-hybridized carbons (Fsp3) is 0.273. The molecule has 0 aliphatic carbocycles. The van der Waals surface area contributed by atoms with Gasteiger partial charge >= 0.3 is 6.18 Å². The van der Waals surface area contributed by atoms with Gasteiger partial charge in [-0.1, -0.05) is 11.6 Å². The van der Waals surface area contributed by atoms with Crippen LogP contribution >= 0.6 is 11.6 Å². The second-order valence-electron chi connectivity index (χ2n) is 3.83. The molecule has 0 saturated heterocycles. The minimum absolute atomic E-state index is 0.106. The van der Waals surface area contributed by atoms with Crippen LogP contribution in [-0.2, 0) is 4.79 Å². The molecule has 0 unspecified atom stereocenters. The van der Waals surface area contributed by atoms with Crippen molar-refractivity contribution in [2.24, 2.45) is 0 Å². The van der Waals surface area contributed by atoms with Gasteiger partial charge < -0.3 is 10.4 Å². The number of amides is 1. The molecule has 0 radical (unpaired) electrons. The Hall–Kier alpha value is -1.78. The summed E-state index contributed by atoms with van der Waals surface area (Å²) in [6.07, 6.45) is -5.11. The zero-order valence-corrected chi connectivity index (χ0v) is 10.3. The second kappa shape index (κ2) is 5.07. The summed E-state index contributed by atoms with van der Waals surface area (Å²) in [6.45, 7) is 0.333. The third kappa shape index (κ3) is 3.16. The molecule has 1 aromatic rings. The number of anilines is 1. The first-order valence-corrected chi connectivity index (χ1v) is 5.27. The second-order valence-corrected chi connectivity index (χ2v) is 4.24. The standard InChI is InChI=1S/C11H8ClF3N2O2/c1-10(19,11(13,14)15)9(18)17-8-3-2-6(5-16)4-7(8)12/h2-4,19H,1H3,(H,17,18)/t10-/m1/s1. The average Bonchev–Trinajstić information content (AvgIpc) is 2.30. The summed E-state index contributed by atoms with van der Waals surface area (Å²) in [5, 5.41) is 19.5. The molecule has 4 nitrogen and oxygen atoms in total. The van der Waals surface area contributed by atoms with Crippen molar-refractivity contribution in [3.8, 4) is 6.07 Å². The topological polar surface area (TPSA) is 73.1 Å². The SMILES string of the molecule is C[C@@](O)(C(=O)Nc1ccc(C#N)cc1Cl)C(F)(F)F. The van der Waals surface area contributed by atoms with Crippen molar-refractivity contribution >= 4 is 23.2 Å². The highest BCUT2D eigenvalue weighted by Gasteiger charge is 2.55. The number of hydrogen-bond donors (Lipinski definition) is 2. The number of nitriles is 1. The molecule has 0 heterocycles. The molecule has 0 aromatic heterocycles. The lowest BCUT2D eigenvalue weighted by molar-refractivity contribution is -0.242. The predicted octanol–water partition coefficient (Wildman–Crippen LogP) is 2.46. The maximum atomic E-state index is 12.4. The molecule has 0 fully saturated rings. The first-order chi connectivity index (χ1) is 8.59. The summed E-state index contributed by atoms with van der Waals surface area (Å²) in [5.41, 5.74) is -3.48. The van der Waals surface area contributed by atoms with E-state index in [4.69, 9.17) is 22.0 Å². The molecule has 0 aliphatic heterocycles. The van der Waals surface area contributed by atoms with E-state index in [1.807, 2.05) is 5.32 Å². The third-order valence-corrected chi connectivity index (χ3v) is 2.65. The van der Waals surface area contributed by atoms with Crippen molar-refractivity contribution < 1.29 is 23.1 Å². The van der Waals surface area contributed by atoms with Crippen LogP contribution in [0.3, 0.4) is 0 Å². The van der Waals surface area contributed by atoms with Crippen LogP contribution in [0.5, 0.6) is 0 Å². The van der Waals surface area contributed by atoms with Crippen LogP contribution in [0.25, 0.3) is 0 Å². The van der Waals surface area contributed by atoms with Crippen LogP contribution in [0.2, 0.25) is 5.02 Å². The molecule has 2 N–H and O–H groups in total. The van der Waals surface area contributed by atoms with E-state index < -0.39 is 17.7 Å². The molecule has 1 atom stereocenters. The number of rotatable bonds is 2. The quantitative estimate of drug-likeness (QED) is 0.879. The number of carbonyl (C=O) groups excluding carboxylic acids is 1. The number of aliphatic hydroxyl groups is 1. The fourth-order valence-corrected chi connectivity index (χ4v) is 1.29. The summed E-state index contributed by atoms with van der Waals surface area (Å²) < 4.78 is 37.3. The maximum Gasteiger partial charge on any atom is 0.426 e. The van der Waals surface area contributed by atoms with Gasteiger partial charge in [-0.15, -0.1) is 0 Å². The Morgan fingerprint density at radius 1 is 1.47 bits per heavy atom. The van der Waals surface area contributed by atoms with E-state index in [9.17, 15) is 18.0 Å². The Labute approximate surface area is 111 Å². The number of nitrogens with one attached hydrogen (secondary N) is 1. The fourth-order valence-electron chi connectivity index (χ4n) is 1.06. The first-order valence-electron chi connectivity index (χ1n) is 4.90. The largest absolute Gasteiger partial charge is 0.426 e. The summed E-state index contributed by atoms with van der Waals surface area (Å²) in [4.78, 5) is 11.4. The monoisotopic (exact) mass is 292 g/mol. The van der Waals surface area contributed by atoms with Crippen LogP contribution < -0.4 is 5.32 Å². The number of benzene rings is 1. The molecular formula is C11H8ClF3N2O2. The summed E-state index contributed by atoms with van der Waals surface area (Å²) in [6, 6.07) is 5.40. The Morgan fingerprint density at radius 2 is 2.05 bits per heavy atom. The predicted molar refractivity (Wildman–Crippen MR) is 61.5 cm³/mol. The highest BCUT2D eigenvalue weighted by molar-refractivity contribution is 6.33. The zero-order chi connectivity index (χ0) is 14.8. The van der Waals surface area contributed by atoms with Crippen molar-refractivity contribution in [3.05, 3.63) is 28.8 Å². The van der Waals surface area contributed by atoms with Gasteiger partial charge in [0, 0.05) is 0 Å². The van der Waals surface area contributed by atoms with Gasteiger partial charge in [-0.05, 0) is 25.1 Å². The first kappa shape index (κ1) is 15.3. The molecule has 8 heteroatoms. The van der Waals surface area contributed by atoms with Crippen LogP contribution in [0.15, 0.2) is 18.2 Å². The van der Waals surface area contributed by atoms with E-state index in [0.29, 0.717) is 6.92 Å². The van der Waals surface area contributed by atoms with E-state index in [1.165, 1.54) is 18.2 Å². The number of carbonyl (C=O) groups is 1. The number of alkyl halides is 3. The van der Waals surface area contributed by atoms with Crippen molar-refractivity contribution in [2.45, 2.75) is 18.7 Å². The van der Waals surface area contributed by atoms with E-state index in [2.05, 4.69) is 0 Å². The van der Waals surface area contributed by atoms with E-state index in [-0.39, 0.29) is 16.3 Å². The van der Waals surface area contributed by atoms with Crippen LogP contribution in [0.4, 0.5) is 18.9 Å². The smallest absolute Gasteiger partial charge is 0.373 e. The summed E-state index contributed by atoms with van der Waals surface area (Å²) in [5.74, 6) is -1.66. The molecule has 1 rings (SSSR count). The minimum Gasteiger partial charge on any atom is -0.373 e. The molecular weight excluding hydrogens is 285 g/mol. The Bertz CT molecular complexity index is 550. The Balaban J connectivity index is 2.99. The van der Waals surface area contributed by atoms with Crippen LogP contribution in [0, 0.1) is 11.3 Å². The van der Waals surface area contributed by atoms with Crippen molar-refractivity contribution in [3.63, 3.8) is 0 Å². The number of nitrogens with zero attached hydrogens (tertiary/aromatic N) is 1. The van der Waals surface area contributed by atoms with Gasteiger partial charge in [-0.2, -0.15) is 18.4 Å². The lowest BCUT2D eigenvalue weighted by atomic mass is 10.1. The van der Waals surface area contributed by atoms with Crippen molar-refractivity contribution in [1.29, 1.82) is 5.26 Å². The van der Waals surface area contributed by atoms with E-state index in [0.717, 1.165) is 0 Å². The highest BCUT2D eigenvalue weighted by Crippen LogP contribution is 2.32. The zero-order valence-electron chi connectivity index (χ0n) is 9.55.